The fourth-order valence-corrected chi connectivity index (χ4v) is 6.53. The van der Waals surface area contributed by atoms with Gasteiger partial charge in [0.25, 0.3) is 0 Å². The third-order valence-corrected chi connectivity index (χ3v) is 7.46. The van der Waals surface area contributed by atoms with Gasteiger partial charge < -0.3 is 9.84 Å². The van der Waals surface area contributed by atoms with E-state index in [1.807, 2.05) is 0 Å². The van der Waals surface area contributed by atoms with E-state index in [-0.39, 0.29) is 28.2 Å². The van der Waals surface area contributed by atoms with Crippen LogP contribution in [0.1, 0.15) is 39.2 Å². The van der Waals surface area contributed by atoms with E-state index in [0.717, 1.165) is 45.6 Å². The van der Waals surface area contributed by atoms with Crippen LogP contribution in [0.4, 0.5) is 0 Å². The molecule has 5 aliphatic rings. The first-order valence-corrected chi connectivity index (χ1v) is 9.68. The molecule has 1 spiro atoms. The molecule has 6 rings (SSSR count). The van der Waals surface area contributed by atoms with Gasteiger partial charge in [0.2, 0.25) is 0 Å². The van der Waals surface area contributed by atoms with E-state index in [1.165, 1.54) is 5.56 Å². The SMILES string of the molecule is CC1(C)CC2(CCO1)N1CC3(C)CN2CC(c2ccccc2)(C1)C3O. The van der Waals surface area contributed by atoms with E-state index in [0.29, 0.717) is 0 Å². The second-order valence-corrected chi connectivity index (χ2v) is 9.81. The number of piperidine rings is 2. The second kappa shape index (κ2) is 4.86. The summed E-state index contributed by atoms with van der Waals surface area (Å²) in [6, 6.07) is 10.7. The van der Waals surface area contributed by atoms with E-state index in [2.05, 4.69) is 60.9 Å². The van der Waals surface area contributed by atoms with Crippen LogP contribution in [0.15, 0.2) is 30.3 Å². The van der Waals surface area contributed by atoms with Gasteiger partial charge in [0, 0.05) is 49.9 Å². The van der Waals surface area contributed by atoms with Crippen molar-refractivity contribution in [1.82, 2.24) is 9.80 Å². The minimum absolute atomic E-state index is 0.0555. The first kappa shape index (κ1) is 16.2. The number of nitrogens with zero attached hydrogens (tertiary/aromatic N) is 2. The fraction of sp³-hybridized carbons (Fsp3) is 0.714. The first-order chi connectivity index (χ1) is 11.8. The Balaban J connectivity index is 1.60. The van der Waals surface area contributed by atoms with Crippen molar-refractivity contribution < 1.29 is 9.84 Å². The molecule has 1 aromatic rings. The molecule has 5 heterocycles. The summed E-state index contributed by atoms with van der Waals surface area (Å²) in [6.45, 7) is 11.5. The lowest BCUT2D eigenvalue weighted by molar-refractivity contribution is -0.297. The van der Waals surface area contributed by atoms with Gasteiger partial charge in [-0.25, -0.2) is 0 Å². The smallest absolute Gasteiger partial charge is 0.0788 e. The number of hydrogen-bond acceptors (Lipinski definition) is 4. The Kier molecular flexibility index (Phi) is 3.16. The number of rotatable bonds is 1. The van der Waals surface area contributed by atoms with Crippen LogP contribution in [0.2, 0.25) is 0 Å². The molecule has 5 fully saturated rings. The van der Waals surface area contributed by atoms with E-state index >= 15 is 0 Å². The number of hydrogen-bond donors (Lipinski definition) is 1. The normalized spacial score (nSPS) is 50.3. The lowest BCUT2D eigenvalue weighted by Gasteiger charge is -2.74. The zero-order valence-corrected chi connectivity index (χ0v) is 15.7. The Morgan fingerprint density at radius 1 is 1.00 bits per heavy atom. The highest BCUT2D eigenvalue weighted by molar-refractivity contribution is 5.35. The Morgan fingerprint density at radius 2 is 1.64 bits per heavy atom. The highest BCUT2D eigenvalue weighted by atomic mass is 16.5. The second-order valence-electron chi connectivity index (χ2n) is 9.81. The van der Waals surface area contributed by atoms with E-state index in [4.69, 9.17) is 4.74 Å². The molecule has 0 amide bonds. The lowest BCUT2D eigenvalue weighted by Crippen LogP contribution is -2.86. The van der Waals surface area contributed by atoms with Crippen molar-refractivity contribution >= 4 is 0 Å². The van der Waals surface area contributed by atoms with Gasteiger partial charge in [-0.15, -0.1) is 0 Å². The molecule has 5 saturated heterocycles. The molecule has 4 nitrogen and oxygen atoms in total. The predicted octanol–water partition coefficient (Wildman–Crippen LogP) is 2.22. The van der Waals surface area contributed by atoms with Crippen molar-refractivity contribution in [2.45, 2.75) is 56.4 Å². The third kappa shape index (κ3) is 2.03. The average Bonchev–Trinajstić information content (AvgIpc) is 2.55. The summed E-state index contributed by atoms with van der Waals surface area (Å²) in [5.74, 6) is 0. The standard InChI is InChI=1S/C21H30N2O2/c1-18(2)11-21(9-10-25-18)22-12-19(3)13-23(21)15-20(14-22,17(19)24)16-7-5-4-6-8-16/h4-8,17,24H,9-15H2,1-3H3. The fourth-order valence-electron chi connectivity index (χ4n) is 6.53. The summed E-state index contributed by atoms with van der Waals surface area (Å²) in [4.78, 5) is 5.40. The van der Waals surface area contributed by atoms with Crippen molar-refractivity contribution in [2.24, 2.45) is 5.41 Å². The lowest BCUT2D eigenvalue weighted by atomic mass is 9.55. The van der Waals surface area contributed by atoms with Gasteiger partial charge in [0.15, 0.2) is 0 Å². The van der Waals surface area contributed by atoms with Crippen LogP contribution in [0.3, 0.4) is 0 Å². The van der Waals surface area contributed by atoms with Crippen LogP contribution in [-0.2, 0) is 10.2 Å². The van der Waals surface area contributed by atoms with Gasteiger partial charge in [-0.3, -0.25) is 9.80 Å². The van der Waals surface area contributed by atoms with Crippen molar-refractivity contribution in [2.75, 3.05) is 32.8 Å². The maximum atomic E-state index is 11.4. The van der Waals surface area contributed by atoms with Crippen LogP contribution in [0.5, 0.6) is 0 Å². The highest BCUT2D eigenvalue weighted by Gasteiger charge is 2.69. The Labute approximate surface area is 150 Å². The maximum Gasteiger partial charge on any atom is 0.0788 e. The number of benzene rings is 1. The molecule has 4 bridgehead atoms. The van der Waals surface area contributed by atoms with Gasteiger partial charge in [-0.2, -0.15) is 0 Å². The molecule has 0 aromatic heterocycles. The van der Waals surface area contributed by atoms with Crippen molar-refractivity contribution in [1.29, 1.82) is 0 Å². The molecule has 136 valence electrons. The molecule has 1 N–H and O–H groups in total. The molecule has 0 saturated carbocycles. The predicted molar refractivity (Wildman–Crippen MR) is 97.4 cm³/mol. The zero-order chi connectivity index (χ0) is 17.5. The highest BCUT2D eigenvalue weighted by Crippen LogP contribution is 2.58. The summed E-state index contributed by atoms with van der Waals surface area (Å²) < 4.78 is 6.05. The van der Waals surface area contributed by atoms with Crippen LogP contribution < -0.4 is 0 Å². The monoisotopic (exact) mass is 342 g/mol. The van der Waals surface area contributed by atoms with Gasteiger partial charge in [0.05, 0.1) is 24.0 Å². The molecule has 0 aliphatic carbocycles. The largest absolute Gasteiger partial charge is 0.391 e. The van der Waals surface area contributed by atoms with E-state index < -0.39 is 0 Å². The Hall–Kier alpha value is -0.940. The molecule has 5 aliphatic heterocycles. The first-order valence-electron chi connectivity index (χ1n) is 9.68. The zero-order valence-electron chi connectivity index (χ0n) is 15.7. The van der Waals surface area contributed by atoms with Crippen LogP contribution in [0.25, 0.3) is 0 Å². The van der Waals surface area contributed by atoms with Crippen LogP contribution >= 0.6 is 0 Å². The Bertz CT molecular complexity index is 670. The van der Waals surface area contributed by atoms with Gasteiger partial charge in [-0.1, -0.05) is 37.3 Å². The molecular formula is C21H30N2O2. The van der Waals surface area contributed by atoms with E-state index in [1.54, 1.807) is 0 Å². The molecule has 0 radical (unpaired) electrons. The molecule has 1 aromatic carbocycles. The quantitative estimate of drug-likeness (QED) is 0.849. The summed E-state index contributed by atoms with van der Waals surface area (Å²) in [6.07, 6.45) is 1.85. The topological polar surface area (TPSA) is 35.9 Å². The molecule has 3 atom stereocenters. The Morgan fingerprint density at radius 3 is 2.24 bits per heavy atom. The third-order valence-electron chi connectivity index (χ3n) is 7.46. The van der Waals surface area contributed by atoms with Gasteiger partial charge >= 0.3 is 0 Å². The summed E-state index contributed by atoms with van der Waals surface area (Å²) in [7, 11) is 0. The van der Waals surface area contributed by atoms with Crippen molar-refractivity contribution in [3.8, 4) is 0 Å². The summed E-state index contributed by atoms with van der Waals surface area (Å²) in [5, 5.41) is 11.4. The van der Waals surface area contributed by atoms with Gasteiger partial charge in [-0.05, 0) is 19.4 Å². The van der Waals surface area contributed by atoms with Crippen molar-refractivity contribution in [3.63, 3.8) is 0 Å². The minimum Gasteiger partial charge on any atom is -0.391 e. The van der Waals surface area contributed by atoms with Crippen molar-refractivity contribution in [3.05, 3.63) is 35.9 Å². The van der Waals surface area contributed by atoms with Crippen LogP contribution in [-0.4, -0.2) is 65.1 Å². The number of aliphatic hydroxyl groups excluding tert-OH is 1. The van der Waals surface area contributed by atoms with Gasteiger partial charge in [0.1, 0.15) is 0 Å². The maximum absolute atomic E-state index is 11.4. The molecular weight excluding hydrogens is 312 g/mol. The number of ether oxygens (including phenoxy) is 1. The minimum atomic E-state index is -0.278. The van der Waals surface area contributed by atoms with Crippen LogP contribution in [0, 0.1) is 5.41 Å². The molecule has 3 unspecified atom stereocenters. The number of aliphatic hydroxyl groups is 1. The van der Waals surface area contributed by atoms with E-state index in [9.17, 15) is 5.11 Å². The summed E-state index contributed by atoms with van der Waals surface area (Å²) >= 11 is 0. The summed E-state index contributed by atoms with van der Waals surface area (Å²) in [5.41, 5.74) is 1.11. The molecule has 4 heteroatoms. The molecule has 25 heavy (non-hydrogen) atoms. The average molecular weight is 342 g/mol.